The van der Waals surface area contributed by atoms with Crippen molar-refractivity contribution in [1.29, 1.82) is 0 Å². The molecule has 0 saturated carbocycles. The molecule has 7 heteroatoms. The number of carbonyl (C=O) groups is 1. The molecule has 0 aliphatic carbocycles. The van der Waals surface area contributed by atoms with Crippen LogP contribution in [0.1, 0.15) is 15.9 Å². The standard InChI is InChI=1S/C18H18N2O5/c1-12-14(6-5-7-15(12)20(22)23)18(21)19(2)10-13-11-24-16-8-3-4-9-17(16)25-13/h3-9,13H,10-11H2,1-2H3/t13-/m0/s1. The molecule has 1 aliphatic heterocycles. The van der Waals surface area contributed by atoms with Crippen LogP contribution in [-0.4, -0.2) is 42.0 Å². The fourth-order valence-electron chi connectivity index (χ4n) is 2.80. The van der Waals surface area contributed by atoms with Crippen LogP contribution in [0.2, 0.25) is 0 Å². The van der Waals surface area contributed by atoms with Crippen molar-refractivity contribution in [2.45, 2.75) is 13.0 Å². The summed E-state index contributed by atoms with van der Waals surface area (Å²) in [6.45, 7) is 2.23. The van der Waals surface area contributed by atoms with Gasteiger partial charge in [-0.2, -0.15) is 0 Å². The Morgan fingerprint density at radius 3 is 2.68 bits per heavy atom. The molecule has 2 aromatic rings. The minimum Gasteiger partial charge on any atom is -0.486 e. The summed E-state index contributed by atoms with van der Waals surface area (Å²) in [6, 6.07) is 11.9. The van der Waals surface area contributed by atoms with Gasteiger partial charge in [0.1, 0.15) is 6.61 Å². The van der Waals surface area contributed by atoms with Crippen LogP contribution in [0.25, 0.3) is 0 Å². The van der Waals surface area contributed by atoms with Gasteiger partial charge in [-0.15, -0.1) is 0 Å². The minimum absolute atomic E-state index is 0.0644. The van der Waals surface area contributed by atoms with Gasteiger partial charge in [-0.3, -0.25) is 14.9 Å². The van der Waals surface area contributed by atoms with E-state index in [0.717, 1.165) is 0 Å². The molecule has 1 aliphatic rings. The molecule has 2 aromatic carbocycles. The summed E-state index contributed by atoms with van der Waals surface area (Å²) < 4.78 is 11.5. The first-order chi connectivity index (χ1) is 12.0. The van der Waals surface area contributed by atoms with E-state index in [-0.39, 0.29) is 17.7 Å². The number of carbonyl (C=O) groups excluding carboxylic acids is 1. The Morgan fingerprint density at radius 1 is 1.24 bits per heavy atom. The number of para-hydroxylation sites is 2. The van der Waals surface area contributed by atoms with Gasteiger partial charge in [-0.05, 0) is 25.1 Å². The monoisotopic (exact) mass is 342 g/mol. The summed E-state index contributed by atoms with van der Waals surface area (Å²) in [5.41, 5.74) is 0.606. The molecule has 1 amide bonds. The summed E-state index contributed by atoms with van der Waals surface area (Å²) in [7, 11) is 1.64. The van der Waals surface area contributed by atoms with Crippen LogP contribution in [0.3, 0.4) is 0 Å². The molecule has 0 fully saturated rings. The van der Waals surface area contributed by atoms with Crippen molar-refractivity contribution in [3.8, 4) is 11.5 Å². The Bertz CT molecular complexity index is 821. The summed E-state index contributed by atoms with van der Waals surface area (Å²) in [5.74, 6) is 1.04. The Morgan fingerprint density at radius 2 is 1.96 bits per heavy atom. The highest BCUT2D eigenvalue weighted by atomic mass is 16.6. The lowest BCUT2D eigenvalue weighted by Gasteiger charge is -2.29. The van der Waals surface area contributed by atoms with E-state index in [1.54, 1.807) is 20.0 Å². The molecule has 0 aromatic heterocycles. The largest absolute Gasteiger partial charge is 0.486 e. The molecule has 0 saturated heterocycles. The van der Waals surface area contributed by atoms with Crippen LogP contribution in [-0.2, 0) is 0 Å². The third-order valence-electron chi connectivity index (χ3n) is 4.12. The third kappa shape index (κ3) is 3.40. The Balaban J connectivity index is 1.72. The van der Waals surface area contributed by atoms with E-state index in [0.29, 0.717) is 35.8 Å². The van der Waals surface area contributed by atoms with Gasteiger partial charge in [-0.1, -0.05) is 18.2 Å². The first-order valence-electron chi connectivity index (χ1n) is 7.85. The van der Waals surface area contributed by atoms with Crippen LogP contribution >= 0.6 is 0 Å². The zero-order valence-electron chi connectivity index (χ0n) is 14.0. The van der Waals surface area contributed by atoms with Gasteiger partial charge in [0.25, 0.3) is 11.6 Å². The second-order valence-corrected chi connectivity index (χ2v) is 5.89. The molecule has 0 spiro atoms. The van der Waals surface area contributed by atoms with Crippen LogP contribution in [0.4, 0.5) is 5.69 Å². The summed E-state index contributed by atoms with van der Waals surface area (Å²) in [4.78, 5) is 24.7. The average Bonchev–Trinajstić information content (AvgIpc) is 2.61. The molecule has 1 heterocycles. The first-order valence-corrected chi connectivity index (χ1v) is 7.85. The van der Waals surface area contributed by atoms with Gasteiger partial charge in [0, 0.05) is 24.2 Å². The minimum atomic E-state index is -0.485. The third-order valence-corrected chi connectivity index (χ3v) is 4.12. The Hall–Kier alpha value is -3.09. The molecule has 3 rings (SSSR count). The quantitative estimate of drug-likeness (QED) is 0.630. The molecule has 1 atom stereocenters. The van der Waals surface area contributed by atoms with E-state index >= 15 is 0 Å². The number of ether oxygens (including phenoxy) is 2. The van der Waals surface area contributed by atoms with E-state index < -0.39 is 4.92 Å². The van der Waals surface area contributed by atoms with Crippen molar-refractivity contribution < 1.29 is 19.2 Å². The van der Waals surface area contributed by atoms with Gasteiger partial charge in [-0.25, -0.2) is 0 Å². The van der Waals surface area contributed by atoms with Crippen molar-refractivity contribution in [3.05, 3.63) is 63.7 Å². The van der Waals surface area contributed by atoms with Crippen molar-refractivity contribution in [3.63, 3.8) is 0 Å². The lowest BCUT2D eigenvalue weighted by Crippen LogP contribution is -2.42. The first kappa shape index (κ1) is 16.8. The zero-order chi connectivity index (χ0) is 18.0. The molecule has 0 bridgehead atoms. The number of nitro groups is 1. The maximum absolute atomic E-state index is 12.7. The van der Waals surface area contributed by atoms with Gasteiger partial charge in [0.05, 0.1) is 11.5 Å². The Kier molecular flexibility index (Phi) is 4.56. The highest BCUT2D eigenvalue weighted by Gasteiger charge is 2.26. The van der Waals surface area contributed by atoms with E-state index in [1.165, 1.54) is 17.0 Å². The van der Waals surface area contributed by atoms with Gasteiger partial charge >= 0.3 is 0 Å². The molecule has 0 unspecified atom stereocenters. The number of nitro benzene ring substituents is 1. The predicted molar refractivity (Wildman–Crippen MR) is 91.1 cm³/mol. The van der Waals surface area contributed by atoms with Crippen LogP contribution < -0.4 is 9.47 Å². The number of hydrogen-bond acceptors (Lipinski definition) is 5. The van der Waals surface area contributed by atoms with Crippen molar-refractivity contribution in [1.82, 2.24) is 4.90 Å². The van der Waals surface area contributed by atoms with E-state index in [9.17, 15) is 14.9 Å². The normalized spacial score (nSPS) is 15.5. The number of amides is 1. The fraction of sp³-hybridized carbons (Fsp3) is 0.278. The molecule has 7 nitrogen and oxygen atoms in total. The molecule has 0 radical (unpaired) electrons. The maximum atomic E-state index is 12.7. The SMILES string of the molecule is Cc1c(C(=O)N(C)C[C@H]2COc3ccccc3O2)cccc1[N+](=O)[O-]. The number of nitrogens with zero attached hydrogens (tertiary/aromatic N) is 2. The van der Waals surface area contributed by atoms with Crippen LogP contribution in [0, 0.1) is 17.0 Å². The smallest absolute Gasteiger partial charge is 0.273 e. The van der Waals surface area contributed by atoms with Crippen LogP contribution in [0.15, 0.2) is 42.5 Å². The van der Waals surface area contributed by atoms with Gasteiger partial charge < -0.3 is 14.4 Å². The molecule has 0 N–H and O–H groups in total. The maximum Gasteiger partial charge on any atom is 0.273 e. The van der Waals surface area contributed by atoms with E-state index in [4.69, 9.17) is 9.47 Å². The number of benzene rings is 2. The number of hydrogen-bond donors (Lipinski definition) is 0. The molecule has 25 heavy (non-hydrogen) atoms. The fourth-order valence-corrected chi connectivity index (χ4v) is 2.80. The number of likely N-dealkylation sites (N-methyl/N-ethyl adjacent to an activating group) is 1. The topological polar surface area (TPSA) is 81.9 Å². The van der Waals surface area contributed by atoms with Crippen LogP contribution in [0.5, 0.6) is 11.5 Å². The molecular formula is C18H18N2O5. The van der Waals surface area contributed by atoms with Gasteiger partial charge in [0.15, 0.2) is 17.6 Å². The Labute approximate surface area is 144 Å². The molecule has 130 valence electrons. The highest BCUT2D eigenvalue weighted by Crippen LogP contribution is 2.31. The lowest BCUT2D eigenvalue weighted by molar-refractivity contribution is -0.385. The summed E-state index contributed by atoms with van der Waals surface area (Å²) in [6.07, 6.45) is -0.303. The summed E-state index contributed by atoms with van der Waals surface area (Å²) in [5, 5.41) is 11.0. The lowest BCUT2D eigenvalue weighted by atomic mass is 10.1. The average molecular weight is 342 g/mol. The second kappa shape index (κ2) is 6.80. The number of fused-ring (bicyclic) bond motifs is 1. The summed E-state index contributed by atoms with van der Waals surface area (Å²) >= 11 is 0. The predicted octanol–water partition coefficient (Wildman–Crippen LogP) is 2.82. The zero-order valence-corrected chi connectivity index (χ0v) is 14.0. The van der Waals surface area contributed by atoms with Gasteiger partial charge in [0.2, 0.25) is 0 Å². The van der Waals surface area contributed by atoms with E-state index in [1.807, 2.05) is 24.3 Å². The van der Waals surface area contributed by atoms with Crippen molar-refractivity contribution in [2.75, 3.05) is 20.2 Å². The van der Waals surface area contributed by atoms with Crippen molar-refractivity contribution >= 4 is 11.6 Å². The second-order valence-electron chi connectivity index (χ2n) is 5.89. The van der Waals surface area contributed by atoms with Crippen molar-refractivity contribution in [2.24, 2.45) is 0 Å². The molecular weight excluding hydrogens is 324 g/mol. The van der Waals surface area contributed by atoms with E-state index in [2.05, 4.69) is 0 Å². The number of rotatable bonds is 4. The highest BCUT2D eigenvalue weighted by molar-refractivity contribution is 5.96.